The van der Waals surface area contributed by atoms with Gasteiger partial charge in [-0.3, -0.25) is 0 Å². The zero-order valence-electron chi connectivity index (χ0n) is 24.2. The van der Waals surface area contributed by atoms with Crippen molar-refractivity contribution in [1.82, 2.24) is 10.3 Å². The van der Waals surface area contributed by atoms with Crippen LogP contribution >= 0.6 is 10.7 Å². The van der Waals surface area contributed by atoms with Crippen LogP contribution in [-0.4, -0.2) is 27.1 Å². The fraction of sp³-hybridized carbons (Fsp3) is 0.0625. The van der Waals surface area contributed by atoms with Crippen molar-refractivity contribution in [2.24, 2.45) is 0 Å². The summed E-state index contributed by atoms with van der Waals surface area (Å²) in [6.45, 7) is 3.77. The third-order valence-electron chi connectivity index (χ3n) is 6.05. The van der Waals surface area contributed by atoms with Crippen LogP contribution in [-0.2, 0) is 19.1 Å². The van der Waals surface area contributed by atoms with E-state index in [0.717, 1.165) is 27.9 Å². The Morgan fingerprint density at radius 2 is 1.07 bits per heavy atom. The van der Waals surface area contributed by atoms with Crippen LogP contribution in [0.4, 0.5) is 11.8 Å². The number of halogens is 1. The van der Waals surface area contributed by atoms with E-state index in [0.29, 0.717) is 11.6 Å². The number of nitrogens with two attached hydrogens (primary N) is 1. The van der Waals surface area contributed by atoms with E-state index in [1.165, 1.54) is 12.1 Å². The fourth-order valence-electron chi connectivity index (χ4n) is 3.71. The van der Waals surface area contributed by atoms with Crippen LogP contribution in [0.3, 0.4) is 0 Å². The van der Waals surface area contributed by atoms with Crippen molar-refractivity contribution in [3.8, 4) is 22.5 Å². The van der Waals surface area contributed by atoms with Crippen LogP contribution in [0.25, 0.3) is 22.5 Å². The van der Waals surface area contributed by atoms with Crippen LogP contribution in [0.15, 0.2) is 140 Å². The van der Waals surface area contributed by atoms with Crippen LogP contribution in [0, 0.1) is 13.8 Å². The molecule has 0 radical (unpaired) electrons. The summed E-state index contributed by atoms with van der Waals surface area (Å²) in [5.41, 5.74) is 10.6. The molecule has 0 bridgehead atoms. The molecular formula is C32H29ClN4O6S2. The van der Waals surface area contributed by atoms with Crippen LogP contribution in [0.2, 0.25) is 0 Å². The number of hydrogen-bond donors (Lipinski definition) is 2. The molecule has 0 aliphatic carbocycles. The van der Waals surface area contributed by atoms with Gasteiger partial charge in [0.1, 0.15) is 11.4 Å². The lowest BCUT2D eigenvalue weighted by molar-refractivity contribution is 0.438. The first kappa shape index (κ1) is 33.0. The molecule has 3 N–H and O–H groups in total. The lowest BCUT2D eigenvalue weighted by Crippen LogP contribution is -2.12. The first-order valence-corrected chi connectivity index (χ1v) is 17.1. The van der Waals surface area contributed by atoms with Gasteiger partial charge in [-0.05, 0) is 38.1 Å². The van der Waals surface area contributed by atoms with E-state index in [9.17, 15) is 16.8 Å². The SMILES string of the molecule is Cc1ccc(S(=O)(=O)Cl)cc1.Cc1ccc(S(=O)(=O)Nc2cc(-c3ccccc3)no2)cc1.Nc1cc(-c2ccccc2)no1. The third-order valence-corrected chi connectivity index (χ3v) is 8.78. The molecule has 6 aromatic rings. The Balaban J connectivity index is 0.000000169. The summed E-state index contributed by atoms with van der Waals surface area (Å²) in [7, 11) is -2.15. The lowest BCUT2D eigenvalue weighted by atomic mass is 10.2. The molecule has 232 valence electrons. The first-order chi connectivity index (χ1) is 21.4. The molecule has 0 aliphatic heterocycles. The van der Waals surface area contributed by atoms with E-state index in [4.69, 9.17) is 25.5 Å². The van der Waals surface area contributed by atoms with Crippen LogP contribution in [0.1, 0.15) is 11.1 Å². The van der Waals surface area contributed by atoms with Gasteiger partial charge in [0.2, 0.25) is 11.8 Å². The summed E-state index contributed by atoms with van der Waals surface area (Å²) in [4.78, 5) is 0.320. The summed E-state index contributed by atoms with van der Waals surface area (Å²) in [5, 5.41) is 7.66. The maximum absolute atomic E-state index is 12.3. The fourth-order valence-corrected chi connectivity index (χ4v) is 5.46. The highest BCUT2D eigenvalue weighted by molar-refractivity contribution is 8.13. The Labute approximate surface area is 265 Å². The smallest absolute Gasteiger partial charge is 0.264 e. The van der Waals surface area contributed by atoms with Gasteiger partial charge >= 0.3 is 0 Å². The molecule has 6 rings (SSSR count). The van der Waals surface area contributed by atoms with Crippen molar-refractivity contribution in [1.29, 1.82) is 0 Å². The van der Waals surface area contributed by atoms with Gasteiger partial charge in [0.05, 0.1) is 9.79 Å². The molecule has 10 nitrogen and oxygen atoms in total. The molecule has 0 spiro atoms. The minimum atomic E-state index is -3.68. The van der Waals surface area contributed by atoms with E-state index < -0.39 is 19.1 Å². The number of nitrogen functional groups attached to an aromatic ring is 1. The van der Waals surface area contributed by atoms with E-state index in [2.05, 4.69) is 15.0 Å². The summed E-state index contributed by atoms with van der Waals surface area (Å²) in [5.74, 6) is 0.424. The van der Waals surface area contributed by atoms with E-state index >= 15 is 0 Å². The molecule has 0 aliphatic rings. The number of aromatic nitrogens is 2. The van der Waals surface area contributed by atoms with Crippen molar-refractivity contribution in [2.75, 3.05) is 10.5 Å². The molecule has 13 heteroatoms. The Morgan fingerprint density at radius 1 is 0.622 bits per heavy atom. The average Bonchev–Trinajstić information content (AvgIpc) is 3.67. The molecular weight excluding hydrogens is 636 g/mol. The van der Waals surface area contributed by atoms with Gasteiger partial charge in [0.25, 0.3) is 19.1 Å². The number of anilines is 2. The highest BCUT2D eigenvalue weighted by Crippen LogP contribution is 2.24. The number of rotatable bonds is 6. The Kier molecular flexibility index (Phi) is 10.8. The molecule has 0 fully saturated rings. The highest BCUT2D eigenvalue weighted by atomic mass is 35.7. The van der Waals surface area contributed by atoms with Gasteiger partial charge in [-0.25, -0.2) is 21.6 Å². The Hall–Kier alpha value is -4.91. The van der Waals surface area contributed by atoms with Crippen LogP contribution in [0.5, 0.6) is 0 Å². The van der Waals surface area contributed by atoms with Gasteiger partial charge in [0, 0.05) is 33.9 Å². The zero-order chi connectivity index (χ0) is 32.5. The Morgan fingerprint density at radius 3 is 1.51 bits per heavy atom. The van der Waals surface area contributed by atoms with Crippen molar-refractivity contribution in [2.45, 2.75) is 23.6 Å². The summed E-state index contributed by atoms with van der Waals surface area (Å²) in [6.07, 6.45) is 0. The van der Waals surface area contributed by atoms with Gasteiger partial charge in [0.15, 0.2) is 0 Å². The van der Waals surface area contributed by atoms with Crippen molar-refractivity contribution >= 4 is 41.5 Å². The normalized spacial score (nSPS) is 11.0. The number of aryl methyl sites for hydroxylation is 2. The molecule has 2 heterocycles. The summed E-state index contributed by atoms with van der Waals surface area (Å²) < 4.78 is 58.1. The topological polar surface area (TPSA) is 158 Å². The van der Waals surface area contributed by atoms with Gasteiger partial charge in [-0.15, -0.1) is 0 Å². The second kappa shape index (κ2) is 14.7. The van der Waals surface area contributed by atoms with Gasteiger partial charge in [-0.2, -0.15) is 0 Å². The minimum absolute atomic E-state index is 0.0828. The van der Waals surface area contributed by atoms with Crippen molar-refractivity contribution < 1.29 is 25.9 Å². The maximum atomic E-state index is 12.3. The highest BCUT2D eigenvalue weighted by Gasteiger charge is 2.17. The standard InChI is InChI=1S/C16H14N2O3S.C9H8N2O.C7H7ClO2S/c1-12-7-9-14(10-8-12)22(19,20)18-16-11-15(17-21-16)13-5-3-2-4-6-13;10-9-6-8(11-12-9)7-4-2-1-3-5-7;1-6-2-4-7(5-3-6)11(8,9)10/h2-11,18H,1H3;1-6H,10H2;2-5H,1H3. The second-order valence-corrected chi connectivity index (χ2v) is 13.8. The third kappa shape index (κ3) is 9.80. The van der Waals surface area contributed by atoms with Gasteiger partial charge < -0.3 is 14.8 Å². The number of sulfonamides is 1. The molecule has 0 amide bonds. The molecule has 0 saturated heterocycles. The number of benzene rings is 4. The molecule has 0 saturated carbocycles. The second-order valence-electron chi connectivity index (χ2n) is 9.59. The molecule has 0 unspecified atom stereocenters. The molecule has 2 aromatic heterocycles. The Bertz CT molecular complexity index is 2030. The number of nitrogens with one attached hydrogen (secondary N) is 1. The molecule has 0 atom stereocenters. The number of nitrogens with zero attached hydrogens (tertiary/aromatic N) is 2. The van der Waals surface area contributed by atoms with Crippen molar-refractivity contribution in [3.05, 3.63) is 132 Å². The van der Waals surface area contributed by atoms with E-state index in [1.807, 2.05) is 74.5 Å². The molecule has 45 heavy (non-hydrogen) atoms. The van der Waals surface area contributed by atoms with E-state index in [1.54, 1.807) is 48.5 Å². The lowest BCUT2D eigenvalue weighted by Gasteiger charge is -2.04. The van der Waals surface area contributed by atoms with Gasteiger partial charge in [-0.1, -0.05) is 106 Å². The quantitative estimate of drug-likeness (QED) is 0.174. The number of hydrogen-bond acceptors (Lipinski definition) is 9. The maximum Gasteiger partial charge on any atom is 0.264 e. The summed E-state index contributed by atoms with van der Waals surface area (Å²) in [6, 6.07) is 35.3. The summed E-state index contributed by atoms with van der Waals surface area (Å²) >= 11 is 0. The van der Waals surface area contributed by atoms with E-state index in [-0.39, 0.29) is 15.7 Å². The van der Waals surface area contributed by atoms with Crippen molar-refractivity contribution in [3.63, 3.8) is 0 Å². The van der Waals surface area contributed by atoms with Crippen LogP contribution < -0.4 is 10.5 Å². The predicted molar refractivity (Wildman–Crippen MR) is 174 cm³/mol. The average molecular weight is 665 g/mol. The minimum Gasteiger partial charge on any atom is -0.368 e. The largest absolute Gasteiger partial charge is 0.368 e. The monoisotopic (exact) mass is 664 g/mol. The first-order valence-electron chi connectivity index (χ1n) is 13.3. The predicted octanol–water partition coefficient (Wildman–Crippen LogP) is 7.30. The zero-order valence-corrected chi connectivity index (χ0v) is 26.6. The molecule has 4 aromatic carbocycles.